The topological polar surface area (TPSA) is 78.5 Å². The maximum atomic E-state index is 12.6. The molecule has 1 rings (SSSR count). The van der Waals surface area contributed by atoms with Crippen molar-refractivity contribution in [2.75, 3.05) is 26.2 Å². The van der Waals surface area contributed by atoms with E-state index in [0.717, 1.165) is 12.1 Å². The molecule has 0 fully saturated rings. The van der Waals surface area contributed by atoms with Crippen LogP contribution in [0, 0.1) is 6.92 Å². The van der Waals surface area contributed by atoms with Crippen molar-refractivity contribution in [3.8, 4) is 0 Å². The van der Waals surface area contributed by atoms with E-state index in [1.165, 1.54) is 10.4 Å². The molecule has 6 nitrogen and oxygen atoms in total. The summed E-state index contributed by atoms with van der Waals surface area (Å²) in [6.07, 6.45) is 0. The molecule has 136 valence electrons. The van der Waals surface area contributed by atoms with Gasteiger partial charge in [-0.3, -0.25) is 4.79 Å². The molecule has 0 aliphatic carbocycles. The number of sulfonamides is 1. The number of nitrogens with one attached hydrogen (secondary N) is 2. The molecule has 0 aliphatic rings. The molecule has 1 aromatic rings. The summed E-state index contributed by atoms with van der Waals surface area (Å²) in [6.45, 7) is 11.5. The van der Waals surface area contributed by atoms with Crippen molar-refractivity contribution in [1.29, 1.82) is 0 Å². The van der Waals surface area contributed by atoms with Gasteiger partial charge >= 0.3 is 0 Å². The molecule has 0 saturated carbocycles. The largest absolute Gasteiger partial charge is 0.350 e. The second-order valence-electron chi connectivity index (χ2n) is 5.73. The third-order valence-electron chi connectivity index (χ3n) is 3.92. The predicted molar refractivity (Wildman–Crippen MR) is 96.8 cm³/mol. The van der Waals surface area contributed by atoms with Gasteiger partial charge in [0.05, 0.1) is 4.90 Å². The van der Waals surface area contributed by atoms with Crippen LogP contribution in [0.2, 0.25) is 0 Å². The average Bonchev–Trinajstić information content (AvgIpc) is 2.54. The highest BCUT2D eigenvalue weighted by molar-refractivity contribution is 7.89. The van der Waals surface area contributed by atoms with Crippen LogP contribution in [0.4, 0.5) is 0 Å². The van der Waals surface area contributed by atoms with Crippen LogP contribution in [-0.4, -0.2) is 50.9 Å². The molecule has 7 heteroatoms. The molecular weight excluding hydrogens is 326 g/mol. The maximum absolute atomic E-state index is 12.6. The van der Waals surface area contributed by atoms with Gasteiger partial charge in [0.2, 0.25) is 10.0 Å². The minimum Gasteiger partial charge on any atom is -0.350 e. The molecule has 24 heavy (non-hydrogen) atoms. The van der Waals surface area contributed by atoms with Crippen LogP contribution in [0.1, 0.15) is 43.6 Å². The highest BCUT2D eigenvalue weighted by Gasteiger charge is 2.23. The lowest BCUT2D eigenvalue weighted by Gasteiger charge is -2.19. The SMILES string of the molecule is CCN[C@H](C)CNC(=O)c1cc(S(=O)(=O)N(CC)CC)ccc1C. The van der Waals surface area contributed by atoms with E-state index >= 15 is 0 Å². The van der Waals surface area contributed by atoms with Gasteiger partial charge < -0.3 is 10.6 Å². The van der Waals surface area contributed by atoms with Gasteiger partial charge in [0.25, 0.3) is 5.91 Å². The first-order valence-electron chi connectivity index (χ1n) is 8.40. The maximum Gasteiger partial charge on any atom is 0.251 e. The molecule has 0 unspecified atom stereocenters. The van der Waals surface area contributed by atoms with E-state index in [1.807, 2.05) is 13.8 Å². The van der Waals surface area contributed by atoms with Gasteiger partial charge in [-0.25, -0.2) is 8.42 Å². The number of nitrogens with zero attached hydrogens (tertiary/aromatic N) is 1. The normalized spacial score (nSPS) is 13.1. The van der Waals surface area contributed by atoms with Gasteiger partial charge in [-0.2, -0.15) is 4.31 Å². The van der Waals surface area contributed by atoms with Crippen LogP contribution in [0.25, 0.3) is 0 Å². The van der Waals surface area contributed by atoms with Gasteiger partial charge in [0.1, 0.15) is 0 Å². The Bertz CT molecular complexity index is 655. The highest BCUT2D eigenvalue weighted by Crippen LogP contribution is 2.19. The Morgan fingerprint density at radius 1 is 1.21 bits per heavy atom. The van der Waals surface area contributed by atoms with Gasteiger partial charge in [-0.1, -0.05) is 26.8 Å². The minimum atomic E-state index is -3.57. The van der Waals surface area contributed by atoms with Crippen molar-refractivity contribution in [3.05, 3.63) is 29.3 Å². The highest BCUT2D eigenvalue weighted by atomic mass is 32.2. The van der Waals surface area contributed by atoms with Gasteiger partial charge in [0, 0.05) is 31.2 Å². The summed E-state index contributed by atoms with van der Waals surface area (Å²) in [5, 5.41) is 6.07. The monoisotopic (exact) mass is 355 g/mol. The van der Waals surface area contributed by atoms with Crippen LogP contribution in [0.3, 0.4) is 0 Å². The van der Waals surface area contributed by atoms with Crippen molar-refractivity contribution in [2.45, 2.75) is 45.6 Å². The molecule has 0 aliphatic heterocycles. The zero-order valence-electron chi connectivity index (χ0n) is 15.2. The van der Waals surface area contributed by atoms with E-state index < -0.39 is 10.0 Å². The summed E-state index contributed by atoms with van der Waals surface area (Å²) in [7, 11) is -3.57. The molecule has 1 amide bonds. The summed E-state index contributed by atoms with van der Waals surface area (Å²) in [6, 6.07) is 4.86. The smallest absolute Gasteiger partial charge is 0.251 e. The molecular formula is C17H29N3O3S. The quantitative estimate of drug-likeness (QED) is 0.707. The number of rotatable bonds is 9. The predicted octanol–water partition coefficient (Wildman–Crippen LogP) is 1.75. The van der Waals surface area contributed by atoms with Crippen molar-refractivity contribution in [2.24, 2.45) is 0 Å². The summed E-state index contributed by atoms with van der Waals surface area (Å²) < 4.78 is 26.6. The molecule has 0 spiro atoms. The van der Waals surface area contributed by atoms with Gasteiger partial charge in [-0.05, 0) is 38.1 Å². The Labute approximate surface area is 145 Å². The minimum absolute atomic E-state index is 0.154. The molecule has 1 aromatic carbocycles. The van der Waals surface area contributed by atoms with Crippen LogP contribution in [0.5, 0.6) is 0 Å². The Balaban J connectivity index is 3.04. The second-order valence-corrected chi connectivity index (χ2v) is 7.67. The summed E-state index contributed by atoms with van der Waals surface area (Å²) >= 11 is 0. The molecule has 0 aromatic heterocycles. The zero-order chi connectivity index (χ0) is 18.3. The van der Waals surface area contributed by atoms with E-state index in [1.54, 1.807) is 32.9 Å². The summed E-state index contributed by atoms with van der Waals surface area (Å²) in [5.74, 6) is -0.256. The first-order valence-corrected chi connectivity index (χ1v) is 9.84. The summed E-state index contributed by atoms with van der Waals surface area (Å²) in [4.78, 5) is 12.6. The Hall–Kier alpha value is -1.44. The Kier molecular flexibility index (Phi) is 7.86. The molecule has 0 bridgehead atoms. The van der Waals surface area contributed by atoms with Crippen LogP contribution >= 0.6 is 0 Å². The fourth-order valence-corrected chi connectivity index (χ4v) is 3.97. The van der Waals surface area contributed by atoms with Crippen LogP contribution in [-0.2, 0) is 10.0 Å². The van der Waals surface area contributed by atoms with Crippen molar-refractivity contribution >= 4 is 15.9 Å². The molecule has 0 radical (unpaired) electrons. The van der Waals surface area contributed by atoms with E-state index in [9.17, 15) is 13.2 Å². The molecule has 0 saturated heterocycles. The zero-order valence-corrected chi connectivity index (χ0v) is 16.0. The lowest BCUT2D eigenvalue weighted by atomic mass is 10.1. The fourth-order valence-electron chi connectivity index (χ4n) is 2.48. The second kappa shape index (κ2) is 9.15. The number of carbonyl (C=O) groups is 1. The summed E-state index contributed by atoms with van der Waals surface area (Å²) in [5.41, 5.74) is 1.15. The lowest BCUT2D eigenvalue weighted by Crippen LogP contribution is -2.39. The van der Waals surface area contributed by atoms with Crippen molar-refractivity contribution in [1.82, 2.24) is 14.9 Å². The molecule has 2 N–H and O–H groups in total. The van der Waals surface area contributed by atoms with E-state index in [0.29, 0.717) is 25.2 Å². The average molecular weight is 356 g/mol. The van der Waals surface area contributed by atoms with Gasteiger partial charge in [-0.15, -0.1) is 0 Å². The number of hydrogen-bond donors (Lipinski definition) is 2. The number of aryl methyl sites for hydroxylation is 1. The Morgan fingerprint density at radius 2 is 1.83 bits per heavy atom. The third kappa shape index (κ3) is 5.03. The lowest BCUT2D eigenvalue weighted by molar-refractivity contribution is 0.0949. The third-order valence-corrected chi connectivity index (χ3v) is 5.96. The fraction of sp³-hybridized carbons (Fsp3) is 0.588. The van der Waals surface area contributed by atoms with E-state index in [4.69, 9.17) is 0 Å². The van der Waals surface area contributed by atoms with E-state index in [2.05, 4.69) is 10.6 Å². The standard InChI is InChI=1S/C17H29N3O3S/c1-6-18-14(5)12-19-17(21)16-11-15(10-9-13(16)4)24(22,23)20(7-2)8-3/h9-11,14,18H,6-8,12H2,1-5H3,(H,19,21)/t14-/m1/s1. The van der Waals surface area contributed by atoms with Crippen LogP contribution in [0.15, 0.2) is 23.1 Å². The number of hydrogen-bond acceptors (Lipinski definition) is 4. The Morgan fingerprint density at radius 3 is 2.38 bits per heavy atom. The van der Waals surface area contributed by atoms with Crippen molar-refractivity contribution < 1.29 is 13.2 Å². The number of likely N-dealkylation sites (N-methyl/N-ethyl adjacent to an activating group) is 1. The van der Waals surface area contributed by atoms with Gasteiger partial charge in [0.15, 0.2) is 0 Å². The van der Waals surface area contributed by atoms with Crippen molar-refractivity contribution in [3.63, 3.8) is 0 Å². The van der Waals surface area contributed by atoms with Crippen LogP contribution < -0.4 is 10.6 Å². The molecule has 0 heterocycles. The first kappa shape index (κ1) is 20.6. The van der Waals surface area contributed by atoms with E-state index in [-0.39, 0.29) is 16.8 Å². The first-order chi connectivity index (χ1) is 11.3. The molecule has 1 atom stereocenters. The number of amides is 1. The number of carbonyl (C=O) groups excluding carboxylic acids is 1. The number of benzene rings is 1.